The molecule has 0 spiro atoms. The lowest BCUT2D eigenvalue weighted by atomic mass is 9.93. The minimum atomic E-state index is -0.446. The number of nitrogens with zero attached hydrogens (tertiary/aromatic N) is 2. The molecule has 0 saturated heterocycles. The van der Waals surface area contributed by atoms with E-state index in [-0.39, 0.29) is 18.3 Å². The molecule has 8 nitrogen and oxygen atoms in total. The van der Waals surface area contributed by atoms with E-state index in [9.17, 15) is 9.59 Å². The number of hydrazone groups is 1. The number of hydrogen-bond donors (Lipinski definition) is 2. The second-order valence-corrected chi connectivity index (χ2v) is 8.69. The molecule has 1 aliphatic rings. The lowest BCUT2D eigenvalue weighted by Gasteiger charge is -2.13. The fourth-order valence-corrected chi connectivity index (χ4v) is 4.32. The number of ether oxygens (including phenoxy) is 1. The Morgan fingerprint density at radius 2 is 2.16 bits per heavy atom. The fraction of sp³-hybridized carbons (Fsp3) is 0.238. The van der Waals surface area contributed by atoms with Gasteiger partial charge in [0.05, 0.1) is 10.7 Å². The molecule has 0 bridgehead atoms. The van der Waals surface area contributed by atoms with Crippen LogP contribution in [0.2, 0.25) is 10.0 Å². The summed E-state index contributed by atoms with van der Waals surface area (Å²) in [6.07, 6.45) is 3.73. The normalized spacial score (nSPS) is 14.2. The van der Waals surface area contributed by atoms with Gasteiger partial charge in [-0.25, -0.2) is 10.4 Å². The molecule has 11 heteroatoms. The molecule has 2 aromatic heterocycles. The second-order valence-electron chi connectivity index (χ2n) is 6.96. The van der Waals surface area contributed by atoms with Gasteiger partial charge in [-0.2, -0.15) is 5.10 Å². The Bertz CT molecular complexity index is 1190. The van der Waals surface area contributed by atoms with Crippen LogP contribution >= 0.6 is 34.5 Å². The number of benzene rings is 1. The van der Waals surface area contributed by atoms with E-state index in [0.29, 0.717) is 50.8 Å². The zero-order chi connectivity index (χ0) is 22.7. The van der Waals surface area contributed by atoms with Gasteiger partial charge in [-0.3, -0.25) is 14.9 Å². The first-order chi connectivity index (χ1) is 15.4. The van der Waals surface area contributed by atoms with Crippen LogP contribution in [0.15, 0.2) is 39.3 Å². The van der Waals surface area contributed by atoms with Gasteiger partial charge in [0, 0.05) is 34.1 Å². The number of halogens is 2. The van der Waals surface area contributed by atoms with Crippen molar-refractivity contribution in [2.24, 2.45) is 5.10 Å². The summed E-state index contributed by atoms with van der Waals surface area (Å²) < 4.78 is 11.3. The fourth-order valence-electron chi connectivity index (χ4n) is 3.33. The summed E-state index contributed by atoms with van der Waals surface area (Å²) in [5.41, 5.74) is 4.58. The molecule has 166 valence electrons. The van der Waals surface area contributed by atoms with Gasteiger partial charge in [-0.05, 0) is 38.0 Å². The Balaban J connectivity index is 1.44. The predicted molar refractivity (Wildman–Crippen MR) is 123 cm³/mol. The quantitative estimate of drug-likeness (QED) is 0.478. The molecule has 0 unspecified atom stereocenters. The molecule has 1 aromatic carbocycles. The Kier molecular flexibility index (Phi) is 6.78. The Hall–Kier alpha value is -2.88. The van der Waals surface area contributed by atoms with Crippen LogP contribution in [-0.4, -0.2) is 29.1 Å². The van der Waals surface area contributed by atoms with Crippen molar-refractivity contribution in [3.63, 3.8) is 0 Å². The molecular weight excluding hydrogens is 475 g/mol. The van der Waals surface area contributed by atoms with Crippen molar-refractivity contribution in [3.05, 3.63) is 62.5 Å². The van der Waals surface area contributed by atoms with Crippen molar-refractivity contribution in [2.45, 2.75) is 26.2 Å². The van der Waals surface area contributed by atoms with E-state index in [4.69, 9.17) is 32.4 Å². The third-order valence-corrected chi connectivity index (χ3v) is 5.97. The van der Waals surface area contributed by atoms with Gasteiger partial charge in [0.2, 0.25) is 0 Å². The zero-order valence-electron chi connectivity index (χ0n) is 16.9. The third-order valence-electron chi connectivity index (χ3n) is 4.75. The van der Waals surface area contributed by atoms with Crippen LogP contribution in [0.4, 0.5) is 5.13 Å². The van der Waals surface area contributed by atoms with Crippen molar-refractivity contribution in [1.82, 2.24) is 10.4 Å². The first-order valence-corrected chi connectivity index (χ1v) is 11.3. The summed E-state index contributed by atoms with van der Waals surface area (Å²) in [6, 6.07) is 4.74. The number of fused-ring (bicyclic) bond motifs is 1. The second kappa shape index (κ2) is 9.72. The van der Waals surface area contributed by atoms with E-state index in [1.54, 1.807) is 30.6 Å². The highest BCUT2D eigenvalue weighted by Gasteiger charge is 2.28. The maximum atomic E-state index is 12.6. The van der Waals surface area contributed by atoms with E-state index in [1.165, 1.54) is 17.4 Å². The van der Waals surface area contributed by atoms with Gasteiger partial charge < -0.3 is 9.15 Å². The van der Waals surface area contributed by atoms with E-state index < -0.39 is 5.91 Å². The highest BCUT2D eigenvalue weighted by atomic mass is 35.5. The lowest BCUT2D eigenvalue weighted by molar-refractivity contribution is -0.123. The topological polar surface area (TPSA) is 106 Å². The van der Waals surface area contributed by atoms with Crippen LogP contribution in [0.1, 0.15) is 40.3 Å². The number of furan rings is 1. The molecular formula is C21H18Cl2N4O4S. The summed E-state index contributed by atoms with van der Waals surface area (Å²) in [5.74, 6) is 0.421. The van der Waals surface area contributed by atoms with Crippen molar-refractivity contribution in [1.29, 1.82) is 0 Å². The van der Waals surface area contributed by atoms with Gasteiger partial charge in [0.25, 0.3) is 11.8 Å². The van der Waals surface area contributed by atoms with Crippen molar-refractivity contribution in [2.75, 3.05) is 11.9 Å². The van der Waals surface area contributed by atoms with E-state index in [2.05, 4.69) is 20.8 Å². The Morgan fingerprint density at radius 3 is 2.91 bits per heavy atom. The predicted octanol–water partition coefficient (Wildman–Crippen LogP) is 4.84. The molecule has 32 heavy (non-hydrogen) atoms. The molecule has 2 amide bonds. The summed E-state index contributed by atoms with van der Waals surface area (Å²) in [7, 11) is 0. The third kappa shape index (κ3) is 4.95. The highest BCUT2D eigenvalue weighted by molar-refractivity contribution is 7.13. The number of rotatable bonds is 6. The summed E-state index contributed by atoms with van der Waals surface area (Å²) in [4.78, 5) is 28.9. The number of amides is 2. The number of aryl methyl sites for hydroxylation is 1. The number of hydrogen-bond acceptors (Lipinski definition) is 7. The number of thiazole rings is 1. The minimum absolute atomic E-state index is 0.215. The maximum absolute atomic E-state index is 12.6. The maximum Gasteiger partial charge on any atom is 0.293 e. The first kappa shape index (κ1) is 22.3. The van der Waals surface area contributed by atoms with E-state index >= 15 is 0 Å². The molecule has 0 atom stereocenters. The van der Waals surface area contributed by atoms with Crippen LogP contribution in [-0.2, 0) is 11.2 Å². The molecule has 2 N–H and O–H groups in total. The Morgan fingerprint density at radius 1 is 1.31 bits per heavy atom. The molecule has 4 rings (SSSR count). The lowest BCUT2D eigenvalue weighted by Crippen LogP contribution is -2.27. The van der Waals surface area contributed by atoms with Gasteiger partial charge in [-0.1, -0.05) is 23.2 Å². The molecule has 0 aliphatic heterocycles. The summed E-state index contributed by atoms with van der Waals surface area (Å²) in [6.45, 7) is 1.53. The first-order valence-electron chi connectivity index (χ1n) is 9.69. The number of aromatic nitrogens is 1. The number of nitrogens with one attached hydrogen (secondary N) is 2. The number of carbonyl (C=O) groups excluding carboxylic acids is 2. The SMILES string of the molecule is Cc1c(C(=O)Nc2nccs2)oc2c1/C(=N/NC(=O)COc1ccc(Cl)cc1Cl)CCC2. The summed E-state index contributed by atoms with van der Waals surface area (Å²) in [5, 5.41) is 10.0. The molecule has 0 fully saturated rings. The monoisotopic (exact) mass is 492 g/mol. The van der Waals surface area contributed by atoms with E-state index in [1.807, 2.05) is 0 Å². The van der Waals surface area contributed by atoms with Gasteiger partial charge in [0.15, 0.2) is 17.5 Å². The van der Waals surface area contributed by atoms with E-state index in [0.717, 1.165) is 12.0 Å². The van der Waals surface area contributed by atoms with Crippen molar-refractivity contribution >= 4 is 57.2 Å². The van der Waals surface area contributed by atoms with Gasteiger partial charge in [0.1, 0.15) is 11.5 Å². The molecule has 1 aliphatic carbocycles. The smallest absolute Gasteiger partial charge is 0.293 e. The molecule has 2 heterocycles. The van der Waals surface area contributed by atoms with Crippen LogP contribution in [0.5, 0.6) is 5.75 Å². The molecule has 0 radical (unpaired) electrons. The van der Waals surface area contributed by atoms with Gasteiger partial charge >= 0.3 is 0 Å². The largest absolute Gasteiger partial charge is 0.482 e. The number of carbonyl (C=O) groups is 2. The Labute approximate surface area is 197 Å². The van der Waals surface area contributed by atoms with Crippen LogP contribution in [0, 0.1) is 6.92 Å². The van der Waals surface area contributed by atoms with Crippen LogP contribution < -0.4 is 15.5 Å². The highest BCUT2D eigenvalue weighted by Crippen LogP contribution is 2.30. The average molecular weight is 493 g/mol. The van der Waals surface area contributed by atoms with Crippen LogP contribution in [0.25, 0.3) is 0 Å². The van der Waals surface area contributed by atoms with Crippen molar-refractivity contribution in [3.8, 4) is 5.75 Å². The molecule has 3 aromatic rings. The average Bonchev–Trinajstić information content (AvgIpc) is 3.39. The standard InChI is InChI=1S/C21H18Cl2N4O4S/c1-11-18-14(26-27-17(28)10-30-15-6-5-12(22)9-13(15)23)3-2-4-16(18)31-19(11)20(29)25-21-24-7-8-32-21/h5-9H,2-4,10H2,1H3,(H,27,28)(H,24,25,29)/b26-14+. The zero-order valence-corrected chi connectivity index (χ0v) is 19.2. The molecule has 0 saturated carbocycles. The minimum Gasteiger partial charge on any atom is -0.482 e. The number of anilines is 1. The summed E-state index contributed by atoms with van der Waals surface area (Å²) >= 11 is 13.2. The van der Waals surface area contributed by atoms with Crippen LogP contribution in [0.3, 0.4) is 0 Å². The van der Waals surface area contributed by atoms with Gasteiger partial charge in [-0.15, -0.1) is 11.3 Å². The van der Waals surface area contributed by atoms with Crippen molar-refractivity contribution < 1.29 is 18.7 Å².